The van der Waals surface area contributed by atoms with Gasteiger partial charge in [0, 0.05) is 18.0 Å². The number of hydrogen-bond acceptors (Lipinski definition) is 9. The van der Waals surface area contributed by atoms with Crippen LogP contribution in [-0.2, 0) is 10.0 Å². The molecule has 11 heteroatoms. The number of aliphatic hydroxyl groups is 1. The van der Waals surface area contributed by atoms with Crippen molar-refractivity contribution in [3.8, 4) is 22.8 Å². The normalized spacial score (nSPS) is 14.7. The lowest BCUT2D eigenvalue weighted by molar-refractivity contribution is 0.0857. The highest BCUT2D eigenvalue weighted by Crippen LogP contribution is 2.39. The Morgan fingerprint density at radius 2 is 2.03 bits per heavy atom. The lowest BCUT2D eigenvalue weighted by atomic mass is 10.1. The predicted octanol–water partition coefficient (Wildman–Crippen LogP) is 2.01. The first-order valence-electron chi connectivity index (χ1n) is 9.83. The van der Waals surface area contributed by atoms with E-state index in [1.165, 1.54) is 32.2 Å². The standard InChI is InChI=1S/C20H24N6O4S/c1-11-4-7-13(31(28,29)23-10-20(2,3)27)8-14(11)15-9-22-17(21)16(24-15)18-25-19(30-26-18)12-5-6-12/h4,7-9,12,23,27H,5-6,10H2,1-3H3,(H2,21,22). The molecule has 2 aromatic heterocycles. The van der Waals surface area contributed by atoms with E-state index in [9.17, 15) is 13.5 Å². The van der Waals surface area contributed by atoms with Crippen molar-refractivity contribution in [3.63, 3.8) is 0 Å². The molecule has 1 saturated carbocycles. The molecule has 1 aliphatic rings. The lowest BCUT2D eigenvalue weighted by Gasteiger charge is -2.18. The Morgan fingerprint density at radius 1 is 1.29 bits per heavy atom. The summed E-state index contributed by atoms with van der Waals surface area (Å²) in [5.74, 6) is 1.25. The summed E-state index contributed by atoms with van der Waals surface area (Å²) in [5.41, 5.74) is 6.90. The molecule has 0 radical (unpaired) electrons. The maximum Gasteiger partial charge on any atom is 0.240 e. The van der Waals surface area contributed by atoms with Crippen molar-refractivity contribution < 1.29 is 18.0 Å². The Balaban J connectivity index is 1.70. The van der Waals surface area contributed by atoms with Gasteiger partial charge in [-0.1, -0.05) is 11.2 Å². The summed E-state index contributed by atoms with van der Waals surface area (Å²) in [7, 11) is -3.83. The van der Waals surface area contributed by atoms with Gasteiger partial charge < -0.3 is 15.4 Å². The second kappa shape index (κ2) is 7.66. The fourth-order valence-corrected chi connectivity index (χ4v) is 4.15. The average molecular weight is 445 g/mol. The number of rotatable bonds is 7. The molecule has 4 rings (SSSR count). The molecule has 0 bridgehead atoms. The van der Waals surface area contributed by atoms with Crippen molar-refractivity contribution in [2.24, 2.45) is 0 Å². The number of nitrogens with two attached hydrogens (primary N) is 1. The molecule has 0 saturated heterocycles. The van der Waals surface area contributed by atoms with Crippen LogP contribution in [0.4, 0.5) is 5.82 Å². The minimum atomic E-state index is -3.83. The van der Waals surface area contributed by atoms with E-state index in [0.717, 1.165) is 18.4 Å². The van der Waals surface area contributed by atoms with Gasteiger partial charge in [-0.05, 0) is 51.3 Å². The molecule has 4 N–H and O–H groups in total. The van der Waals surface area contributed by atoms with E-state index in [1.807, 2.05) is 6.92 Å². The van der Waals surface area contributed by atoms with Crippen LogP contribution in [0.1, 0.15) is 44.1 Å². The second-order valence-electron chi connectivity index (χ2n) is 8.33. The summed E-state index contributed by atoms with van der Waals surface area (Å²) in [6.07, 6.45) is 3.51. The largest absolute Gasteiger partial charge is 0.389 e. The second-order valence-corrected chi connectivity index (χ2v) is 10.1. The van der Waals surface area contributed by atoms with E-state index in [2.05, 4.69) is 24.8 Å². The van der Waals surface area contributed by atoms with Gasteiger partial charge in [-0.25, -0.2) is 23.1 Å². The van der Waals surface area contributed by atoms with Crippen molar-refractivity contribution in [1.82, 2.24) is 24.8 Å². The van der Waals surface area contributed by atoms with E-state index in [-0.39, 0.29) is 28.8 Å². The third-order valence-corrected chi connectivity index (χ3v) is 6.27. The minimum Gasteiger partial charge on any atom is -0.389 e. The fourth-order valence-electron chi connectivity index (χ4n) is 2.92. The third kappa shape index (κ3) is 4.73. The van der Waals surface area contributed by atoms with Crippen LogP contribution in [-0.4, -0.2) is 45.8 Å². The SMILES string of the molecule is Cc1ccc(S(=O)(=O)NCC(C)(C)O)cc1-c1cnc(N)c(-c2noc(C3CC3)n2)n1. The highest BCUT2D eigenvalue weighted by Gasteiger charge is 2.30. The fraction of sp³-hybridized carbons (Fsp3) is 0.400. The first-order valence-corrected chi connectivity index (χ1v) is 11.3. The first-order chi connectivity index (χ1) is 14.5. The van der Waals surface area contributed by atoms with Crippen LogP contribution in [0.3, 0.4) is 0 Å². The van der Waals surface area contributed by atoms with Crippen LogP contribution in [0, 0.1) is 6.92 Å². The maximum absolute atomic E-state index is 12.7. The number of sulfonamides is 1. The summed E-state index contributed by atoms with van der Waals surface area (Å²) >= 11 is 0. The number of aryl methyl sites for hydroxylation is 1. The van der Waals surface area contributed by atoms with Crippen molar-refractivity contribution in [3.05, 3.63) is 35.9 Å². The number of anilines is 1. The molecule has 2 heterocycles. The lowest BCUT2D eigenvalue weighted by Crippen LogP contribution is -2.38. The van der Waals surface area contributed by atoms with Crippen LogP contribution < -0.4 is 10.5 Å². The molecule has 0 spiro atoms. The van der Waals surface area contributed by atoms with Crippen LogP contribution in [0.15, 0.2) is 33.8 Å². The number of benzene rings is 1. The zero-order valence-electron chi connectivity index (χ0n) is 17.5. The van der Waals surface area contributed by atoms with Gasteiger partial charge in [-0.2, -0.15) is 4.98 Å². The van der Waals surface area contributed by atoms with E-state index < -0.39 is 15.6 Å². The van der Waals surface area contributed by atoms with E-state index in [0.29, 0.717) is 23.1 Å². The van der Waals surface area contributed by atoms with Crippen LogP contribution in [0.25, 0.3) is 22.8 Å². The molecule has 10 nitrogen and oxygen atoms in total. The van der Waals surface area contributed by atoms with E-state index in [4.69, 9.17) is 10.3 Å². The molecule has 164 valence electrons. The van der Waals surface area contributed by atoms with Crippen LogP contribution in [0.2, 0.25) is 0 Å². The van der Waals surface area contributed by atoms with Gasteiger partial charge in [0.1, 0.15) is 0 Å². The van der Waals surface area contributed by atoms with Gasteiger partial charge in [0.2, 0.25) is 21.7 Å². The van der Waals surface area contributed by atoms with Crippen molar-refractivity contribution in [2.75, 3.05) is 12.3 Å². The quantitative estimate of drug-likeness (QED) is 0.496. The monoisotopic (exact) mass is 444 g/mol. The molecule has 3 aromatic rings. The number of nitrogens with one attached hydrogen (secondary N) is 1. The van der Waals surface area contributed by atoms with Crippen molar-refractivity contribution >= 4 is 15.8 Å². The Hall–Kier alpha value is -2.89. The Kier molecular flexibility index (Phi) is 5.28. The van der Waals surface area contributed by atoms with E-state index >= 15 is 0 Å². The molecule has 1 aromatic carbocycles. The van der Waals surface area contributed by atoms with Gasteiger partial charge in [0.25, 0.3) is 0 Å². The van der Waals surface area contributed by atoms with Gasteiger partial charge in [-0.15, -0.1) is 0 Å². The highest BCUT2D eigenvalue weighted by molar-refractivity contribution is 7.89. The smallest absolute Gasteiger partial charge is 0.240 e. The summed E-state index contributed by atoms with van der Waals surface area (Å²) in [6, 6.07) is 4.70. The highest BCUT2D eigenvalue weighted by atomic mass is 32.2. The molecular formula is C20H24N6O4S. The van der Waals surface area contributed by atoms with Crippen LogP contribution in [0.5, 0.6) is 0 Å². The Labute approximate surface area is 180 Å². The van der Waals surface area contributed by atoms with Gasteiger partial charge in [0.15, 0.2) is 11.5 Å². The first kappa shape index (κ1) is 21.3. The van der Waals surface area contributed by atoms with Crippen LogP contribution >= 0.6 is 0 Å². The van der Waals surface area contributed by atoms with Crippen molar-refractivity contribution in [1.29, 1.82) is 0 Å². The predicted molar refractivity (Wildman–Crippen MR) is 113 cm³/mol. The average Bonchev–Trinajstić information content (AvgIpc) is 3.44. The third-order valence-electron chi connectivity index (χ3n) is 4.87. The minimum absolute atomic E-state index is 0.0492. The molecule has 0 atom stereocenters. The number of aromatic nitrogens is 4. The zero-order valence-corrected chi connectivity index (χ0v) is 18.3. The molecule has 0 amide bonds. The topological polar surface area (TPSA) is 157 Å². The zero-order chi connectivity index (χ0) is 22.4. The molecule has 31 heavy (non-hydrogen) atoms. The van der Waals surface area contributed by atoms with Gasteiger partial charge >= 0.3 is 0 Å². The maximum atomic E-state index is 12.7. The molecule has 0 unspecified atom stereocenters. The number of hydrogen-bond donors (Lipinski definition) is 3. The van der Waals surface area contributed by atoms with Gasteiger partial charge in [0.05, 0.1) is 22.4 Å². The Morgan fingerprint density at radius 3 is 2.71 bits per heavy atom. The Bertz CT molecular complexity index is 1230. The summed E-state index contributed by atoms with van der Waals surface area (Å²) in [6.45, 7) is 4.76. The number of nitrogens with zero attached hydrogens (tertiary/aromatic N) is 4. The molecule has 1 fully saturated rings. The molecular weight excluding hydrogens is 420 g/mol. The summed E-state index contributed by atoms with van der Waals surface area (Å²) < 4.78 is 33.1. The summed E-state index contributed by atoms with van der Waals surface area (Å²) in [4.78, 5) is 13.2. The number of nitrogen functional groups attached to an aromatic ring is 1. The molecule has 0 aliphatic heterocycles. The molecule has 1 aliphatic carbocycles. The van der Waals surface area contributed by atoms with Crippen molar-refractivity contribution in [2.45, 2.75) is 50.0 Å². The van der Waals surface area contributed by atoms with Gasteiger partial charge in [-0.3, -0.25) is 0 Å². The van der Waals surface area contributed by atoms with E-state index in [1.54, 1.807) is 6.07 Å². The summed E-state index contributed by atoms with van der Waals surface area (Å²) in [5, 5.41) is 13.8.